The van der Waals surface area contributed by atoms with E-state index in [1.54, 1.807) is 6.07 Å². The molecule has 4 heterocycles. The Kier molecular flexibility index (Phi) is 5.61. The molecule has 1 amide bonds. The van der Waals surface area contributed by atoms with E-state index in [2.05, 4.69) is 0 Å². The highest BCUT2D eigenvalue weighted by Crippen LogP contribution is 2.37. The molecule has 8 heteroatoms. The summed E-state index contributed by atoms with van der Waals surface area (Å²) in [5, 5.41) is 0. The van der Waals surface area contributed by atoms with Crippen LogP contribution in [-0.4, -0.2) is 54.8 Å². The summed E-state index contributed by atoms with van der Waals surface area (Å²) < 4.78 is 18.1. The third-order valence-electron chi connectivity index (χ3n) is 5.96. The number of piperidine rings is 1. The summed E-state index contributed by atoms with van der Waals surface area (Å²) in [5.74, 6) is 1.22. The van der Waals surface area contributed by atoms with Crippen molar-refractivity contribution < 1.29 is 23.8 Å². The first kappa shape index (κ1) is 20.6. The molecule has 3 aromatic rings. The van der Waals surface area contributed by atoms with Crippen molar-refractivity contribution in [1.29, 1.82) is 0 Å². The zero-order valence-electron chi connectivity index (χ0n) is 17.8. The van der Waals surface area contributed by atoms with Gasteiger partial charge < -0.3 is 23.7 Å². The summed E-state index contributed by atoms with van der Waals surface area (Å²) in [6.07, 6.45) is 3.50. The summed E-state index contributed by atoms with van der Waals surface area (Å²) in [4.78, 5) is 28.7. The van der Waals surface area contributed by atoms with Gasteiger partial charge in [-0.25, -0.2) is 4.79 Å². The molecule has 0 atom stereocenters. The minimum Gasteiger partial charge on any atom is -0.486 e. The van der Waals surface area contributed by atoms with Crippen molar-refractivity contribution in [2.45, 2.75) is 18.9 Å². The van der Waals surface area contributed by atoms with Crippen LogP contribution >= 0.6 is 11.3 Å². The molecule has 2 aliphatic rings. The lowest BCUT2D eigenvalue weighted by Crippen LogP contribution is -2.39. The highest BCUT2D eigenvalue weighted by Gasteiger charge is 2.27. The number of benzene rings is 1. The Hall–Kier alpha value is -3.26. The smallest absolute Gasteiger partial charge is 0.354 e. The summed E-state index contributed by atoms with van der Waals surface area (Å²) in [6.45, 7) is 2.42. The van der Waals surface area contributed by atoms with E-state index in [-0.39, 0.29) is 17.9 Å². The number of rotatable bonds is 4. The number of ether oxygens (including phenoxy) is 3. The predicted molar refractivity (Wildman–Crippen MR) is 121 cm³/mol. The second-order valence-electron chi connectivity index (χ2n) is 7.84. The maximum atomic E-state index is 13.1. The Balaban J connectivity index is 1.25. The van der Waals surface area contributed by atoms with Crippen LogP contribution in [0.2, 0.25) is 0 Å². The maximum Gasteiger partial charge on any atom is 0.354 e. The summed E-state index contributed by atoms with van der Waals surface area (Å²) in [6, 6.07) is 13.6. The quantitative estimate of drug-likeness (QED) is 0.554. The fourth-order valence-corrected chi connectivity index (χ4v) is 5.27. The molecular formula is C24H24N2O5S. The number of fused-ring (bicyclic) bond motifs is 1. The average Bonchev–Trinajstić information content (AvgIpc) is 3.53. The van der Waals surface area contributed by atoms with E-state index in [0.717, 1.165) is 39.7 Å². The summed E-state index contributed by atoms with van der Waals surface area (Å²) >= 11 is 1.49. The standard InChI is InChI=1S/C24H24N2O5S/c1-29-24(28)18-3-2-10-26(18)17-8-11-25(12-9-17)23(27)22-7-6-21(32-22)16-4-5-19-20(15-16)31-14-13-30-19/h2-7,10,15,17H,8-9,11-14H2,1H3. The molecule has 0 spiro atoms. The molecule has 0 N–H and O–H groups in total. The first-order chi connectivity index (χ1) is 15.6. The van der Waals surface area contributed by atoms with Crippen LogP contribution in [0.1, 0.15) is 39.0 Å². The van der Waals surface area contributed by atoms with Crippen molar-refractivity contribution in [2.75, 3.05) is 33.4 Å². The number of aromatic nitrogens is 1. The molecule has 2 aromatic heterocycles. The number of esters is 1. The van der Waals surface area contributed by atoms with Gasteiger partial charge in [-0.1, -0.05) is 0 Å². The van der Waals surface area contributed by atoms with Gasteiger partial charge in [0.15, 0.2) is 11.5 Å². The predicted octanol–water partition coefficient (Wildman–Crippen LogP) is 4.25. The molecule has 166 valence electrons. The average molecular weight is 453 g/mol. The van der Waals surface area contributed by atoms with Crippen molar-refractivity contribution in [3.05, 3.63) is 59.2 Å². The molecule has 0 saturated carbocycles. The Bertz CT molecular complexity index is 1140. The molecule has 1 fully saturated rings. The van der Waals surface area contributed by atoms with Gasteiger partial charge in [-0.15, -0.1) is 11.3 Å². The number of carbonyl (C=O) groups excluding carboxylic acids is 2. The van der Waals surface area contributed by atoms with E-state index in [1.807, 2.05) is 52.1 Å². The van der Waals surface area contributed by atoms with Crippen LogP contribution in [0.4, 0.5) is 0 Å². The molecule has 2 aliphatic heterocycles. The minimum absolute atomic E-state index is 0.0536. The molecule has 32 heavy (non-hydrogen) atoms. The molecule has 1 saturated heterocycles. The number of likely N-dealkylation sites (tertiary alicyclic amines) is 1. The molecule has 0 unspecified atom stereocenters. The third-order valence-corrected chi connectivity index (χ3v) is 7.08. The molecule has 0 bridgehead atoms. The van der Waals surface area contributed by atoms with Gasteiger partial charge in [0.25, 0.3) is 5.91 Å². The van der Waals surface area contributed by atoms with Crippen molar-refractivity contribution in [2.24, 2.45) is 0 Å². The Morgan fingerprint density at radius 2 is 1.81 bits per heavy atom. The highest BCUT2D eigenvalue weighted by molar-refractivity contribution is 7.17. The lowest BCUT2D eigenvalue weighted by Gasteiger charge is -2.33. The van der Waals surface area contributed by atoms with Crippen LogP contribution in [0, 0.1) is 0 Å². The van der Waals surface area contributed by atoms with Gasteiger partial charge in [0, 0.05) is 30.2 Å². The van der Waals surface area contributed by atoms with Crippen LogP contribution in [0.5, 0.6) is 11.5 Å². The maximum absolute atomic E-state index is 13.1. The number of methoxy groups -OCH3 is 1. The van der Waals surface area contributed by atoms with E-state index in [0.29, 0.717) is 32.0 Å². The fraction of sp³-hybridized carbons (Fsp3) is 0.333. The van der Waals surface area contributed by atoms with Crippen LogP contribution in [-0.2, 0) is 4.74 Å². The van der Waals surface area contributed by atoms with Gasteiger partial charge in [0.2, 0.25) is 0 Å². The molecule has 0 radical (unpaired) electrons. The van der Waals surface area contributed by atoms with Crippen molar-refractivity contribution >= 4 is 23.2 Å². The van der Waals surface area contributed by atoms with Crippen LogP contribution in [0.3, 0.4) is 0 Å². The zero-order valence-corrected chi connectivity index (χ0v) is 18.6. The van der Waals surface area contributed by atoms with Gasteiger partial charge >= 0.3 is 5.97 Å². The number of thiophene rings is 1. The normalized spacial score (nSPS) is 16.1. The third kappa shape index (κ3) is 3.86. The molecule has 1 aromatic carbocycles. The zero-order chi connectivity index (χ0) is 22.1. The van der Waals surface area contributed by atoms with E-state index < -0.39 is 0 Å². The minimum atomic E-state index is -0.334. The number of hydrogen-bond acceptors (Lipinski definition) is 6. The molecule has 7 nitrogen and oxygen atoms in total. The number of nitrogens with zero attached hydrogens (tertiary/aromatic N) is 2. The first-order valence-corrected chi connectivity index (χ1v) is 11.5. The second kappa shape index (κ2) is 8.70. The van der Waals surface area contributed by atoms with Crippen LogP contribution < -0.4 is 9.47 Å². The number of amides is 1. The van der Waals surface area contributed by atoms with Gasteiger partial charge in [0.1, 0.15) is 18.9 Å². The lowest BCUT2D eigenvalue weighted by molar-refractivity contribution is 0.0573. The lowest BCUT2D eigenvalue weighted by atomic mass is 10.0. The van der Waals surface area contributed by atoms with E-state index >= 15 is 0 Å². The number of carbonyl (C=O) groups is 2. The van der Waals surface area contributed by atoms with Gasteiger partial charge in [0.05, 0.1) is 12.0 Å². The second-order valence-corrected chi connectivity index (χ2v) is 8.92. The van der Waals surface area contributed by atoms with Gasteiger partial charge in [-0.3, -0.25) is 4.79 Å². The monoisotopic (exact) mass is 452 g/mol. The van der Waals surface area contributed by atoms with Gasteiger partial charge in [-0.05, 0) is 60.9 Å². The Labute approximate surface area is 190 Å². The fourth-order valence-electron chi connectivity index (χ4n) is 4.30. The summed E-state index contributed by atoms with van der Waals surface area (Å²) in [5.41, 5.74) is 1.57. The summed E-state index contributed by atoms with van der Waals surface area (Å²) in [7, 11) is 1.39. The first-order valence-electron chi connectivity index (χ1n) is 10.7. The van der Waals surface area contributed by atoms with Crippen molar-refractivity contribution in [3.63, 3.8) is 0 Å². The molecular weight excluding hydrogens is 428 g/mol. The topological polar surface area (TPSA) is 70.0 Å². The molecule has 5 rings (SSSR count). The largest absolute Gasteiger partial charge is 0.486 e. The van der Waals surface area contributed by atoms with Gasteiger partial charge in [-0.2, -0.15) is 0 Å². The van der Waals surface area contributed by atoms with Crippen LogP contribution in [0.15, 0.2) is 48.7 Å². The van der Waals surface area contributed by atoms with Crippen LogP contribution in [0.25, 0.3) is 10.4 Å². The van der Waals surface area contributed by atoms with Crippen molar-refractivity contribution in [1.82, 2.24) is 9.47 Å². The van der Waals surface area contributed by atoms with E-state index in [9.17, 15) is 9.59 Å². The number of hydrogen-bond donors (Lipinski definition) is 0. The SMILES string of the molecule is COC(=O)c1cccn1C1CCN(C(=O)c2ccc(-c3ccc4c(c3)OCCO4)s2)CC1. The Morgan fingerprint density at radius 3 is 2.59 bits per heavy atom. The molecule has 0 aliphatic carbocycles. The Morgan fingerprint density at radius 1 is 1.03 bits per heavy atom. The van der Waals surface area contributed by atoms with Crippen molar-refractivity contribution in [3.8, 4) is 21.9 Å². The van der Waals surface area contributed by atoms with E-state index in [4.69, 9.17) is 14.2 Å². The highest BCUT2D eigenvalue weighted by atomic mass is 32.1. The van der Waals surface area contributed by atoms with E-state index in [1.165, 1.54) is 18.4 Å².